The van der Waals surface area contributed by atoms with Gasteiger partial charge in [0.25, 0.3) is 0 Å². The molecular formula is C13H15BrN2OS. The molecule has 0 amide bonds. The van der Waals surface area contributed by atoms with Crippen molar-refractivity contribution in [1.82, 2.24) is 9.55 Å². The van der Waals surface area contributed by atoms with E-state index in [1.807, 2.05) is 0 Å². The normalized spacial score (nSPS) is 19.2. The highest BCUT2D eigenvalue weighted by Crippen LogP contribution is 2.33. The number of aromatic nitrogens is 2. The van der Waals surface area contributed by atoms with Crippen LogP contribution in [0, 0.1) is 4.77 Å². The zero-order valence-electron chi connectivity index (χ0n) is 10.2. The van der Waals surface area contributed by atoms with Gasteiger partial charge in [0.1, 0.15) is 0 Å². The van der Waals surface area contributed by atoms with E-state index in [0.29, 0.717) is 0 Å². The number of nitrogens with one attached hydrogen (secondary N) is 1. The summed E-state index contributed by atoms with van der Waals surface area (Å²) in [4.78, 5) is 3.30. The Hall–Kier alpha value is -0.650. The zero-order valence-corrected chi connectivity index (χ0v) is 12.6. The molecule has 1 N–H and O–H groups in total. The average Bonchev–Trinajstić information content (AvgIpc) is 2.65. The van der Waals surface area contributed by atoms with Gasteiger partial charge >= 0.3 is 0 Å². The monoisotopic (exact) mass is 326 g/mol. The maximum atomic E-state index is 5.50. The summed E-state index contributed by atoms with van der Waals surface area (Å²) in [7, 11) is 0. The number of fused-ring (bicyclic) bond motifs is 1. The Balaban J connectivity index is 2.22. The number of halogens is 1. The van der Waals surface area contributed by atoms with Gasteiger partial charge in [-0.15, -0.1) is 0 Å². The van der Waals surface area contributed by atoms with E-state index in [0.717, 1.165) is 40.8 Å². The van der Waals surface area contributed by atoms with Gasteiger partial charge in [-0.1, -0.05) is 15.9 Å². The fraction of sp³-hybridized carbons (Fsp3) is 0.462. The lowest BCUT2D eigenvalue weighted by molar-refractivity contribution is 0.0306. The summed E-state index contributed by atoms with van der Waals surface area (Å²) in [5, 5.41) is 0. The Morgan fingerprint density at radius 1 is 1.39 bits per heavy atom. The Labute approximate surface area is 119 Å². The number of rotatable bonds is 1. The van der Waals surface area contributed by atoms with E-state index in [4.69, 9.17) is 17.0 Å². The topological polar surface area (TPSA) is 29.9 Å². The second-order valence-corrected chi connectivity index (χ2v) is 6.34. The minimum Gasteiger partial charge on any atom is -0.381 e. The quantitative estimate of drug-likeness (QED) is 0.803. The molecule has 1 aliphatic rings. The molecule has 96 valence electrons. The van der Waals surface area contributed by atoms with Crippen molar-refractivity contribution < 1.29 is 4.74 Å². The zero-order chi connectivity index (χ0) is 12.8. The minimum atomic E-state index is 0.0570. The highest BCUT2D eigenvalue weighted by Gasteiger charge is 2.31. The van der Waals surface area contributed by atoms with Crippen LogP contribution in [0.4, 0.5) is 0 Å². The number of benzene rings is 1. The van der Waals surface area contributed by atoms with Crippen LogP contribution in [0.1, 0.15) is 19.8 Å². The molecule has 0 bridgehead atoms. The van der Waals surface area contributed by atoms with Crippen molar-refractivity contribution in [2.75, 3.05) is 13.2 Å². The molecular weight excluding hydrogens is 312 g/mol. The molecule has 2 heterocycles. The first kappa shape index (κ1) is 12.4. The molecule has 0 radical (unpaired) electrons. The molecule has 0 saturated carbocycles. The van der Waals surface area contributed by atoms with Crippen molar-refractivity contribution in [2.45, 2.75) is 25.3 Å². The average molecular weight is 327 g/mol. The van der Waals surface area contributed by atoms with Crippen molar-refractivity contribution in [3.63, 3.8) is 0 Å². The number of aromatic amines is 1. The number of ether oxygens (including phenoxy) is 1. The summed E-state index contributed by atoms with van der Waals surface area (Å²) >= 11 is 8.99. The lowest BCUT2D eigenvalue weighted by Gasteiger charge is -2.35. The van der Waals surface area contributed by atoms with Gasteiger partial charge in [-0.3, -0.25) is 0 Å². The van der Waals surface area contributed by atoms with Gasteiger partial charge in [0.05, 0.1) is 11.0 Å². The fourth-order valence-corrected chi connectivity index (χ4v) is 3.44. The van der Waals surface area contributed by atoms with Crippen molar-refractivity contribution in [3.8, 4) is 0 Å². The first-order chi connectivity index (χ1) is 8.60. The summed E-state index contributed by atoms with van der Waals surface area (Å²) < 4.78 is 9.59. The molecule has 18 heavy (non-hydrogen) atoms. The maximum Gasteiger partial charge on any atom is 0.178 e. The van der Waals surface area contributed by atoms with Crippen LogP contribution in [0.3, 0.4) is 0 Å². The predicted octanol–water partition coefficient (Wildman–Crippen LogP) is 3.99. The van der Waals surface area contributed by atoms with Gasteiger partial charge in [0, 0.05) is 23.2 Å². The van der Waals surface area contributed by atoms with E-state index >= 15 is 0 Å². The van der Waals surface area contributed by atoms with Crippen LogP contribution in [-0.2, 0) is 10.3 Å². The van der Waals surface area contributed by atoms with Crippen LogP contribution < -0.4 is 0 Å². The Morgan fingerprint density at radius 3 is 2.83 bits per heavy atom. The van der Waals surface area contributed by atoms with Crippen LogP contribution in [-0.4, -0.2) is 22.8 Å². The minimum absolute atomic E-state index is 0.0570. The standard InChI is InChI=1S/C13H15BrN2OS/c1-13(4-6-17-7-5-13)16-11-3-2-9(14)8-10(11)15-12(16)18/h2-3,8H,4-7H2,1H3,(H,15,18). The third-order valence-corrected chi connectivity index (χ3v) is 4.53. The third kappa shape index (κ3) is 1.94. The summed E-state index contributed by atoms with van der Waals surface area (Å²) in [6.45, 7) is 3.88. The number of hydrogen-bond donors (Lipinski definition) is 1. The third-order valence-electron chi connectivity index (χ3n) is 3.75. The van der Waals surface area contributed by atoms with Gasteiger partial charge in [0.2, 0.25) is 0 Å². The molecule has 1 aromatic heterocycles. The van der Waals surface area contributed by atoms with Crippen molar-refractivity contribution in [1.29, 1.82) is 0 Å². The molecule has 3 nitrogen and oxygen atoms in total. The highest BCUT2D eigenvalue weighted by atomic mass is 79.9. The molecule has 0 spiro atoms. The highest BCUT2D eigenvalue weighted by molar-refractivity contribution is 9.10. The lowest BCUT2D eigenvalue weighted by Crippen LogP contribution is -2.36. The van der Waals surface area contributed by atoms with Crippen LogP contribution in [0.25, 0.3) is 11.0 Å². The molecule has 0 unspecified atom stereocenters. The number of nitrogens with zero attached hydrogens (tertiary/aromatic N) is 1. The van der Waals surface area contributed by atoms with E-state index in [2.05, 4.69) is 50.6 Å². The van der Waals surface area contributed by atoms with Gasteiger partial charge in [-0.05, 0) is 50.2 Å². The Bertz CT molecular complexity index is 640. The second-order valence-electron chi connectivity index (χ2n) is 5.04. The van der Waals surface area contributed by atoms with Crippen LogP contribution in [0.5, 0.6) is 0 Å². The molecule has 2 aromatic rings. The first-order valence-corrected chi connectivity index (χ1v) is 7.29. The maximum absolute atomic E-state index is 5.50. The van der Waals surface area contributed by atoms with Crippen LogP contribution in [0.15, 0.2) is 22.7 Å². The summed E-state index contributed by atoms with van der Waals surface area (Å²) in [5.74, 6) is 0. The summed E-state index contributed by atoms with van der Waals surface area (Å²) in [5.41, 5.74) is 2.32. The number of imidazole rings is 1. The van der Waals surface area contributed by atoms with Gasteiger partial charge in [-0.2, -0.15) is 0 Å². The molecule has 0 atom stereocenters. The van der Waals surface area contributed by atoms with E-state index in [1.54, 1.807) is 0 Å². The van der Waals surface area contributed by atoms with E-state index < -0.39 is 0 Å². The molecule has 5 heteroatoms. The lowest BCUT2D eigenvalue weighted by atomic mass is 9.92. The second kappa shape index (κ2) is 4.47. The van der Waals surface area contributed by atoms with E-state index in [1.165, 1.54) is 5.52 Å². The molecule has 1 fully saturated rings. The van der Waals surface area contributed by atoms with Crippen molar-refractivity contribution >= 4 is 39.2 Å². The predicted molar refractivity (Wildman–Crippen MR) is 78.5 cm³/mol. The van der Waals surface area contributed by atoms with Crippen LogP contribution >= 0.6 is 28.1 Å². The first-order valence-electron chi connectivity index (χ1n) is 6.09. The largest absolute Gasteiger partial charge is 0.381 e. The smallest absolute Gasteiger partial charge is 0.178 e. The number of H-pyrrole nitrogens is 1. The fourth-order valence-electron chi connectivity index (χ4n) is 2.65. The van der Waals surface area contributed by atoms with Crippen molar-refractivity contribution in [2.24, 2.45) is 0 Å². The van der Waals surface area contributed by atoms with E-state index in [-0.39, 0.29) is 5.54 Å². The van der Waals surface area contributed by atoms with Gasteiger partial charge in [-0.25, -0.2) is 0 Å². The van der Waals surface area contributed by atoms with Crippen molar-refractivity contribution in [3.05, 3.63) is 27.4 Å². The Morgan fingerprint density at radius 2 is 2.11 bits per heavy atom. The summed E-state index contributed by atoms with van der Waals surface area (Å²) in [6.07, 6.45) is 2.01. The van der Waals surface area contributed by atoms with Crippen LogP contribution in [0.2, 0.25) is 0 Å². The SMILES string of the molecule is CC1(n2c(=S)[nH]c3cc(Br)ccc32)CCOCC1. The Kier molecular flexibility index (Phi) is 3.08. The van der Waals surface area contributed by atoms with Gasteiger partial charge in [0.15, 0.2) is 4.77 Å². The van der Waals surface area contributed by atoms with Gasteiger partial charge < -0.3 is 14.3 Å². The molecule has 3 rings (SSSR count). The van der Waals surface area contributed by atoms with E-state index in [9.17, 15) is 0 Å². The molecule has 1 saturated heterocycles. The molecule has 1 aromatic carbocycles. The summed E-state index contributed by atoms with van der Waals surface area (Å²) in [6, 6.07) is 6.25. The molecule has 1 aliphatic heterocycles. The molecule has 0 aliphatic carbocycles. The number of hydrogen-bond acceptors (Lipinski definition) is 2.